The zero-order chi connectivity index (χ0) is 19.2. The fraction of sp³-hybridized carbons (Fsp3) is 0.278. The maximum atomic E-state index is 13.9. The molecule has 2 amide bonds. The van der Waals surface area contributed by atoms with E-state index in [-0.39, 0.29) is 6.54 Å². The molecule has 2 N–H and O–H groups in total. The van der Waals surface area contributed by atoms with Crippen molar-refractivity contribution in [2.75, 3.05) is 18.5 Å². The number of para-hydroxylation sites is 1. The number of ether oxygens (including phenoxy) is 1. The summed E-state index contributed by atoms with van der Waals surface area (Å²) in [5.41, 5.74) is -1.09. The van der Waals surface area contributed by atoms with Gasteiger partial charge in [0.25, 0.3) is 0 Å². The molecule has 0 aromatic heterocycles. The van der Waals surface area contributed by atoms with Crippen LogP contribution in [0.5, 0.6) is 5.75 Å². The molecule has 2 aromatic rings. The molecule has 0 aliphatic rings. The minimum Gasteiger partial charge on any atom is -0.494 e. The predicted molar refractivity (Wildman–Crippen MR) is 89.7 cm³/mol. The van der Waals surface area contributed by atoms with Crippen LogP contribution in [0.15, 0.2) is 42.5 Å². The lowest BCUT2D eigenvalue weighted by Crippen LogP contribution is -2.31. The molecular formula is C18H18F4N2O2. The molecule has 0 aliphatic carbocycles. The first kappa shape index (κ1) is 19.6. The van der Waals surface area contributed by atoms with Gasteiger partial charge >= 0.3 is 12.2 Å². The molecule has 2 rings (SSSR count). The van der Waals surface area contributed by atoms with Crippen LogP contribution in [0.25, 0.3) is 0 Å². The molecule has 8 heteroatoms. The number of carbonyl (C=O) groups excluding carboxylic acids is 1. The number of rotatable bonds is 6. The Morgan fingerprint density at radius 3 is 2.54 bits per heavy atom. The topological polar surface area (TPSA) is 50.4 Å². The Labute approximate surface area is 148 Å². The van der Waals surface area contributed by atoms with Gasteiger partial charge in [-0.05, 0) is 37.1 Å². The quantitative estimate of drug-likeness (QED) is 0.730. The van der Waals surface area contributed by atoms with Crippen LogP contribution >= 0.6 is 0 Å². The first-order valence-corrected chi connectivity index (χ1v) is 7.94. The highest BCUT2D eigenvalue weighted by atomic mass is 19.4. The number of hydrogen-bond acceptors (Lipinski definition) is 2. The van der Waals surface area contributed by atoms with Crippen LogP contribution in [-0.2, 0) is 12.6 Å². The normalized spacial score (nSPS) is 11.1. The molecule has 0 atom stereocenters. The van der Waals surface area contributed by atoms with Gasteiger partial charge in [-0.3, -0.25) is 0 Å². The van der Waals surface area contributed by atoms with E-state index < -0.39 is 29.3 Å². The van der Waals surface area contributed by atoms with Gasteiger partial charge in [-0.25, -0.2) is 9.18 Å². The summed E-state index contributed by atoms with van der Waals surface area (Å²) in [7, 11) is 0. The summed E-state index contributed by atoms with van der Waals surface area (Å²) in [5, 5.41) is 4.57. The van der Waals surface area contributed by atoms with E-state index >= 15 is 0 Å². The molecule has 4 nitrogen and oxygen atoms in total. The van der Waals surface area contributed by atoms with Gasteiger partial charge in [-0.1, -0.05) is 24.3 Å². The lowest BCUT2D eigenvalue weighted by molar-refractivity contribution is -0.139. The van der Waals surface area contributed by atoms with E-state index in [0.29, 0.717) is 24.8 Å². The summed E-state index contributed by atoms with van der Waals surface area (Å²) in [4.78, 5) is 11.8. The number of benzene rings is 2. The fourth-order valence-corrected chi connectivity index (χ4v) is 2.33. The van der Waals surface area contributed by atoms with E-state index in [2.05, 4.69) is 10.6 Å². The van der Waals surface area contributed by atoms with Crippen molar-refractivity contribution in [1.29, 1.82) is 0 Å². The highest BCUT2D eigenvalue weighted by Gasteiger charge is 2.35. The number of hydrogen-bond donors (Lipinski definition) is 2. The highest BCUT2D eigenvalue weighted by molar-refractivity contribution is 5.89. The van der Waals surface area contributed by atoms with Gasteiger partial charge in [-0.15, -0.1) is 0 Å². The Morgan fingerprint density at radius 1 is 1.12 bits per heavy atom. The summed E-state index contributed by atoms with van der Waals surface area (Å²) in [5.74, 6) is -0.821. The number of amides is 2. The van der Waals surface area contributed by atoms with E-state index in [4.69, 9.17) is 4.74 Å². The number of carbonyl (C=O) groups is 1. The van der Waals surface area contributed by atoms with Crippen molar-refractivity contribution >= 4 is 11.7 Å². The van der Waals surface area contributed by atoms with Crippen molar-refractivity contribution in [1.82, 2.24) is 5.32 Å². The Hall–Kier alpha value is -2.77. The Balaban J connectivity index is 1.94. The molecule has 0 unspecified atom stereocenters. The summed E-state index contributed by atoms with van der Waals surface area (Å²) in [6.45, 7) is 2.56. The molecule has 0 saturated carbocycles. The number of alkyl halides is 3. The standard InChI is InChI=1S/C18H18F4N2O2/c1-2-26-15-9-4-3-6-12(15)10-11-23-17(25)24-14-8-5-7-13(16(14)19)18(20,21)22/h3-9H,2,10-11H2,1H3,(H2,23,24,25). The van der Waals surface area contributed by atoms with E-state index in [0.717, 1.165) is 17.7 Å². The van der Waals surface area contributed by atoms with E-state index in [1.807, 2.05) is 25.1 Å². The van der Waals surface area contributed by atoms with Crippen molar-refractivity contribution in [2.45, 2.75) is 19.5 Å². The van der Waals surface area contributed by atoms with E-state index in [1.165, 1.54) is 0 Å². The van der Waals surface area contributed by atoms with Crippen molar-refractivity contribution in [2.24, 2.45) is 0 Å². The monoisotopic (exact) mass is 370 g/mol. The molecule has 0 spiro atoms. The minimum absolute atomic E-state index is 0.205. The van der Waals surface area contributed by atoms with Gasteiger partial charge in [0.15, 0.2) is 5.82 Å². The summed E-state index contributed by atoms with van der Waals surface area (Å²) >= 11 is 0. The van der Waals surface area contributed by atoms with Crippen molar-refractivity contribution in [3.05, 3.63) is 59.4 Å². The largest absolute Gasteiger partial charge is 0.494 e. The van der Waals surface area contributed by atoms with Crippen LogP contribution in [0.3, 0.4) is 0 Å². The zero-order valence-electron chi connectivity index (χ0n) is 14.0. The lowest BCUT2D eigenvalue weighted by Gasteiger charge is -2.13. The Morgan fingerprint density at radius 2 is 1.85 bits per heavy atom. The van der Waals surface area contributed by atoms with Gasteiger partial charge in [0, 0.05) is 6.54 Å². The molecule has 0 aliphatic heterocycles. The average Bonchev–Trinajstić information content (AvgIpc) is 2.57. The van der Waals surface area contributed by atoms with Crippen molar-refractivity contribution in [3.63, 3.8) is 0 Å². The van der Waals surface area contributed by atoms with Gasteiger partial charge in [-0.2, -0.15) is 13.2 Å². The molecule has 0 saturated heterocycles. The van der Waals surface area contributed by atoms with Crippen LogP contribution in [0.4, 0.5) is 28.0 Å². The maximum Gasteiger partial charge on any atom is 0.419 e. The second kappa shape index (κ2) is 8.55. The smallest absolute Gasteiger partial charge is 0.419 e. The third kappa shape index (κ3) is 5.11. The van der Waals surface area contributed by atoms with Crippen LogP contribution in [-0.4, -0.2) is 19.2 Å². The van der Waals surface area contributed by atoms with Crippen LogP contribution in [0.1, 0.15) is 18.1 Å². The molecule has 26 heavy (non-hydrogen) atoms. The summed E-state index contributed by atoms with van der Waals surface area (Å²) in [6.07, 6.45) is -4.38. The van der Waals surface area contributed by atoms with Gasteiger partial charge < -0.3 is 15.4 Å². The van der Waals surface area contributed by atoms with Gasteiger partial charge in [0.05, 0.1) is 17.9 Å². The highest BCUT2D eigenvalue weighted by Crippen LogP contribution is 2.33. The molecular weight excluding hydrogens is 352 g/mol. The maximum absolute atomic E-state index is 13.9. The van der Waals surface area contributed by atoms with Crippen molar-refractivity contribution < 1.29 is 27.1 Å². The Kier molecular flexibility index (Phi) is 6.43. The lowest BCUT2D eigenvalue weighted by atomic mass is 10.1. The predicted octanol–water partition coefficient (Wildman–Crippen LogP) is 4.61. The molecule has 0 heterocycles. The molecule has 0 radical (unpaired) electrons. The summed E-state index contributed by atoms with van der Waals surface area (Å²) < 4.78 is 57.4. The third-order valence-corrected chi connectivity index (χ3v) is 3.50. The number of urea groups is 1. The first-order valence-electron chi connectivity index (χ1n) is 7.94. The van der Waals surface area contributed by atoms with Crippen molar-refractivity contribution in [3.8, 4) is 5.75 Å². The molecule has 0 bridgehead atoms. The second-order valence-electron chi connectivity index (χ2n) is 5.34. The first-order chi connectivity index (χ1) is 12.3. The fourth-order valence-electron chi connectivity index (χ4n) is 2.33. The zero-order valence-corrected chi connectivity index (χ0v) is 14.0. The number of anilines is 1. The van der Waals surface area contributed by atoms with Crippen LogP contribution in [0.2, 0.25) is 0 Å². The Bertz CT molecular complexity index is 763. The number of nitrogens with one attached hydrogen (secondary N) is 2. The van der Waals surface area contributed by atoms with E-state index in [9.17, 15) is 22.4 Å². The van der Waals surface area contributed by atoms with Crippen LogP contribution in [0, 0.1) is 5.82 Å². The minimum atomic E-state index is -4.83. The average molecular weight is 370 g/mol. The SMILES string of the molecule is CCOc1ccccc1CCNC(=O)Nc1cccc(C(F)(F)F)c1F. The van der Waals surface area contributed by atoms with Gasteiger partial charge in [0.1, 0.15) is 5.75 Å². The molecule has 0 fully saturated rings. The second-order valence-corrected chi connectivity index (χ2v) is 5.34. The third-order valence-electron chi connectivity index (χ3n) is 3.50. The molecule has 2 aromatic carbocycles. The van der Waals surface area contributed by atoms with Gasteiger partial charge in [0.2, 0.25) is 0 Å². The van der Waals surface area contributed by atoms with E-state index in [1.54, 1.807) is 6.07 Å². The van der Waals surface area contributed by atoms with Crippen LogP contribution < -0.4 is 15.4 Å². The molecule has 140 valence electrons. The summed E-state index contributed by atoms with van der Waals surface area (Å²) in [6, 6.07) is 9.21. The number of halogens is 4.